The molecule has 0 amide bonds. The van der Waals surface area contributed by atoms with Gasteiger partial charge in [0.15, 0.2) is 9.84 Å². The normalized spacial score (nSPS) is 11.2. The molecule has 0 radical (unpaired) electrons. The molecular weight excluding hydrogens is 412 g/mol. The zero-order chi connectivity index (χ0) is 22.3. The van der Waals surface area contributed by atoms with Crippen LogP contribution in [0.1, 0.15) is 33.5 Å². The van der Waals surface area contributed by atoms with E-state index >= 15 is 0 Å². The van der Waals surface area contributed by atoms with Crippen LogP contribution in [0.2, 0.25) is 0 Å². The predicted octanol–water partition coefficient (Wildman–Crippen LogP) is 4.63. The van der Waals surface area contributed by atoms with Crippen molar-refractivity contribution in [1.29, 1.82) is 0 Å². The summed E-state index contributed by atoms with van der Waals surface area (Å²) in [5.74, 6) is 0.335. The van der Waals surface area contributed by atoms with Crippen molar-refractivity contribution in [2.75, 3.05) is 13.4 Å². The Balaban J connectivity index is 1.70. The summed E-state index contributed by atoms with van der Waals surface area (Å²) in [6, 6.07) is 22.2. The summed E-state index contributed by atoms with van der Waals surface area (Å²) < 4.78 is 34.7. The molecule has 6 heteroatoms. The van der Waals surface area contributed by atoms with Gasteiger partial charge in [-0.05, 0) is 66.3 Å². The summed E-state index contributed by atoms with van der Waals surface area (Å²) in [6.07, 6.45) is 3.49. The molecule has 3 aromatic carbocycles. The maximum atomic E-state index is 12.0. The molecule has 162 valence electrons. The third-order valence-electron chi connectivity index (χ3n) is 4.98. The molecular formula is C25H26O5S. The van der Waals surface area contributed by atoms with Crippen LogP contribution in [0.5, 0.6) is 5.75 Å². The molecule has 3 aromatic rings. The third-order valence-corrected chi connectivity index (χ3v) is 6.09. The molecule has 0 aliphatic heterocycles. The Labute approximate surface area is 183 Å². The van der Waals surface area contributed by atoms with Crippen LogP contribution in [0.15, 0.2) is 77.7 Å². The zero-order valence-electron chi connectivity index (χ0n) is 17.7. The van der Waals surface area contributed by atoms with E-state index < -0.39 is 9.84 Å². The van der Waals surface area contributed by atoms with E-state index in [2.05, 4.69) is 0 Å². The number of benzene rings is 3. The standard InChI is InChI=1S/C25H26O5S/c1-29-25(26)21-13-11-19(12-14-21)9-6-10-22-17-23(31(2,27)28)15-16-24(22)30-18-20-7-4-3-5-8-20/h3-5,7-8,11-17H,6,9-10,18H2,1-2H3. The first-order chi connectivity index (χ1) is 14.9. The van der Waals surface area contributed by atoms with E-state index in [0.717, 1.165) is 29.5 Å². The van der Waals surface area contributed by atoms with Gasteiger partial charge in [0.25, 0.3) is 0 Å². The van der Waals surface area contributed by atoms with Gasteiger partial charge in [-0.2, -0.15) is 0 Å². The Morgan fingerprint density at radius 2 is 1.58 bits per heavy atom. The van der Waals surface area contributed by atoms with Crippen LogP contribution in [0, 0.1) is 0 Å². The fraction of sp³-hybridized carbons (Fsp3) is 0.240. The van der Waals surface area contributed by atoms with E-state index in [4.69, 9.17) is 9.47 Å². The number of aryl methyl sites for hydroxylation is 2. The van der Waals surface area contributed by atoms with Gasteiger partial charge in [0.2, 0.25) is 0 Å². The van der Waals surface area contributed by atoms with Crippen molar-refractivity contribution in [3.63, 3.8) is 0 Å². The number of hydrogen-bond donors (Lipinski definition) is 0. The van der Waals surface area contributed by atoms with Gasteiger partial charge in [-0.25, -0.2) is 13.2 Å². The second kappa shape index (κ2) is 10.3. The molecule has 0 fully saturated rings. The summed E-state index contributed by atoms with van der Waals surface area (Å²) in [5.41, 5.74) is 3.53. The van der Waals surface area contributed by atoms with Crippen molar-refractivity contribution in [1.82, 2.24) is 0 Å². The highest BCUT2D eigenvalue weighted by atomic mass is 32.2. The Hall–Kier alpha value is -3.12. The number of sulfone groups is 1. The first-order valence-corrected chi connectivity index (χ1v) is 11.9. The largest absolute Gasteiger partial charge is 0.489 e. The van der Waals surface area contributed by atoms with Crippen LogP contribution < -0.4 is 4.74 Å². The highest BCUT2D eigenvalue weighted by molar-refractivity contribution is 7.90. The molecule has 0 atom stereocenters. The lowest BCUT2D eigenvalue weighted by Crippen LogP contribution is -2.03. The van der Waals surface area contributed by atoms with Crippen LogP contribution in [0.3, 0.4) is 0 Å². The SMILES string of the molecule is COC(=O)c1ccc(CCCc2cc(S(C)(=O)=O)ccc2OCc2ccccc2)cc1. The van der Waals surface area contributed by atoms with E-state index in [1.165, 1.54) is 13.4 Å². The highest BCUT2D eigenvalue weighted by Gasteiger charge is 2.13. The van der Waals surface area contributed by atoms with E-state index in [1.807, 2.05) is 42.5 Å². The zero-order valence-corrected chi connectivity index (χ0v) is 18.5. The molecule has 0 unspecified atom stereocenters. The van der Waals surface area contributed by atoms with Crippen LogP contribution in [-0.4, -0.2) is 27.8 Å². The number of carbonyl (C=O) groups is 1. The maximum Gasteiger partial charge on any atom is 0.337 e. The lowest BCUT2D eigenvalue weighted by Gasteiger charge is -2.13. The second-order valence-corrected chi connectivity index (χ2v) is 9.37. The van der Waals surface area contributed by atoms with Gasteiger partial charge in [-0.15, -0.1) is 0 Å². The first kappa shape index (κ1) is 22.6. The monoisotopic (exact) mass is 438 g/mol. The van der Waals surface area contributed by atoms with Gasteiger partial charge in [-0.1, -0.05) is 42.5 Å². The average Bonchev–Trinajstić information content (AvgIpc) is 2.78. The van der Waals surface area contributed by atoms with Gasteiger partial charge >= 0.3 is 5.97 Å². The fourth-order valence-corrected chi connectivity index (χ4v) is 3.94. The van der Waals surface area contributed by atoms with Gasteiger partial charge in [0.1, 0.15) is 12.4 Å². The predicted molar refractivity (Wildman–Crippen MR) is 120 cm³/mol. The average molecular weight is 439 g/mol. The molecule has 31 heavy (non-hydrogen) atoms. The van der Waals surface area contributed by atoms with Crippen molar-refractivity contribution in [3.8, 4) is 5.75 Å². The van der Waals surface area contributed by atoms with Crippen molar-refractivity contribution >= 4 is 15.8 Å². The number of rotatable bonds is 9. The molecule has 0 saturated heterocycles. The quantitative estimate of drug-likeness (QED) is 0.456. The Bertz CT molecular complexity index is 1120. The minimum Gasteiger partial charge on any atom is -0.489 e. The maximum absolute atomic E-state index is 12.0. The van der Waals surface area contributed by atoms with Crippen LogP contribution >= 0.6 is 0 Å². The molecule has 0 aliphatic rings. The molecule has 0 bridgehead atoms. The number of ether oxygens (including phenoxy) is 2. The van der Waals surface area contributed by atoms with Crippen molar-refractivity contribution in [3.05, 3.63) is 95.1 Å². The Morgan fingerprint density at radius 1 is 0.871 bits per heavy atom. The minimum atomic E-state index is -3.30. The van der Waals surface area contributed by atoms with E-state index in [-0.39, 0.29) is 10.9 Å². The van der Waals surface area contributed by atoms with Gasteiger partial charge in [-0.3, -0.25) is 0 Å². The summed E-state index contributed by atoms with van der Waals surface area (Å²) >= 11 is 0. The topological polar surface area (TPSA) is 69.7 Å². The van der Waals surface area contributed by atoms with Crippen LogP contribution in [0.4, 0.5) is 0 Å². The van der Waals surface area contributed by atoms with Crippen molar-refractivity contribution in [2.24, 2.45) is 0 Å². The number of carbonyl (C=O) groups excluding carboxylic acids is 1. The van der Waals surface area contributed by atoms with E-state index in [9.17, 15) is 13.2 Å². The highest BCUT2D eigenvalue weighted by Crippen LogP contribution is 2.26. The molecule has 0 spiro atoms. The number of methoxy groups -OCH3 is 1. The van der Waals surface area contributed by atoms with Gasteiger partial charge in [0, 0.05) is 6.26 Å². The lowest BCUT2D eigenvalue weighted by atomic mass is 10.0. The minimum absolute atomic E-state index is 0.289. The van der Waals surface area contributed by atoms with Gasteiger partial charge in [0.05, 0.1) is 17.6 Å². The van der Waals surface area contributed by atoms with Crippen molar-refractivity contribution < 1.29 is 22.7 Å². The van der Waals surface area contributed by atoms with E-state index in [1.54, 1.807) is 30.3 Å². The molecule has 3 rings (SSSR count). The summed E-state index contributed by atoms with van der Waals surface area (Å²) in [5, 5.41) is 0. The Kier molecular flexibility index (Phi) is 7.47. The third kappa shape index (κ3) is 6.43. The van der Waals surface area contributed by atoms with E-state index in [0.29, 0.717) is 24.3 Å². The molecule has 0 N–H and O–H groups in total. The molecule has 0 heterocycles. The summed E-state index contributed by atoms with van der Waals surface area (Å²) in [4.78, 5) is 11.8. The lowest BCUT2D eigenvalue weighted by molar-refractivity contribution is 0.0600. The number of hydrogen-bond acceptors (Lipinski definition) is 5. The smallest absolute Gasteiger partial charge is 0.337 e. The summed E-state index contributed by atoms with van der Waals surface area (Å²) in [6.45, 7) is 0.418. The van der Waals surface area contributed by atoms with Crippen LogP contribution in [-0.2, 0) is 34.0 Å². The van der Waals surface area contributed by atoms with Gasteiger partial charge < -0.3 is 9.47 Å². The molecule has 5 nitrogen and oxygen atoms in total. The van der Waals surface area contributed by atoms with Crippen LogP contribution in [0.25, 0.3) is 0 Å². The molecule has 0 saturated carbocycles. The Morgan fingerprint density at radius 3 is 2.23 bits per heavy atom. The molecule has 0 aromatic heterocycles. The molecule has 0 aliphatic carbocycles. The second-order valence-electron chi connectivity index (χ2n) is 7.36. The first-order valence-electron chi connectivity index (χ1n) is 10.0. The van der Waals surface area contributed by atoms with Crippen molar-refractivity contribution in [2.45, 2.75) is 30.8 Å². The fourth-order valence-electron chi connectivity index (χ4n) is 3.27. The number of esters is 1. The summed E-state index contributed by atoms with van der Waals surface area (Å²) in [7, 11) is -1.94.